The first-order chi connectivity index (χ1) is 6.57. The number of ketones is 1. The van der Waals surface area contributed by atoms with E-state index in [0.29, 0.717) is 6.21 Å². The van der Waals surface area contributed by atoms with Crippen molar-refractivity contribution < 1.29 is 14.0 Å². The highest BCUT2D eigenvalue weighted by Gasteiger charge is 2.16. The molecule has 72 valence electrons. The first-order valence-corrected chi connectivity index (χ1v) is 4.60. The monoisotopic (exact) mass is 276 g/mol. The lowest BCUT2D eigenvalue weighted by Crippen LogP contribution is -2.03. The molecule has 1 aromatic carbocycles. The summed E-state index contributed by atoms with van der Waals surface area (Å²) in [4.78, 5) is 13.7. The highest BCUT2D eigenvalue weighted by molar-refractivity contribution is 9.10. The van der Waals surface area contributed by atoms with Gasteiger partial charge in [-0.3, -0.25) is 4.79 Å². The van der Waals surface area contributed by atoms with Crippen molar-refractivity contribution >= 4 is 39.5 Å². The van der Waals surface area contributed by atoms with Crippen LogP contribution in [0.1, 0.15) is 10.4 Å². The Hall–Kier alpha value is -1.03. The molecule has 0 aliphatic carbocycles. The molecule has 0 unspecified atom stereocenters. The number of carbonyl (C=O) groups excluding carboxylic acids is 1. The summed E-state index contributed by atoms with van der Waals surface area (Å²) in [6.45, 7) is 0. The summed E-state index contributed by atoms with van der Waals surface area (Å²) in [5, 5.41) is -0.0886. The van der Waals surface area contributed by atoms with Crippen LogP contribution >= 0.6 is 27.5 Å². The van der Waals surface area contributed by atoms with Crippen LogP contribution in [0.4, 0.5) is 4.39 Å². The summed E-state index contributed by atoms with van der Waals surface area (Å²) in [6.07, 6.45) is 0.674. The zero-order valence-corrected chi connectivity index (χ0v) is 9.01. The van der Waals surface area contributed by atoms with Crippen molar-refractivity contribution in [1.29, 1.82) is 0 Å². The normalized spacial score (nSPS) is 9.36. The van der Waals surface area contributed by atoms with Gasteiger partial charge in [-0.1, -0.05) is 11.6 Å². The van der Waals surface area contributed by atoms with Crippen LogP contribution in [0.2, 0.25) is 5.02 Å². The smallest absolute Gasteiger partial charge is 0.328 e. The van der Waals surface area contributed by atoms with E-state index in [0.717, 1.165) is 0 Å². The standard InChI is InChI=1S/C8H3BrClFN2O/c9-7-4(6(14)3-13-12)1-2-5(10)8(7)11/h1-3H. The molecule has 3 nitrogen and oxygen atoms in total. The Kier molecular flexibility index (Phi) is 3.52. The summed E-state index contributed by atoms with van der Waals surface area (Å²) in [7, 11) is 0. The summed E-state index contributed by atoms with van der Waals surface area (Å²) >= 11 is 8.35. The fourth-order valence-electron chi connectivity index (χ4n) is 0.838. The van der Waals surface area contributed by atoms with E-state index in [1.54, 1.807) is 0 Å². The fraction of sp³-hybridized carbons (Fsp3) is 0. The topological polar surface area (TPSA) is 53.5 Å². The molecule has 0 aliphatic rings. The zero-order chi connectivity index (χ0) is 10.7. The Morgan fingerprint density at radius 2 is 2.29 bits per heavy atom. The molecule has 6 heteroatoms. The van der Waals surface area contributed by atoms with Gasteiger partial charge in [-0.25, -0.2) is 4.39 Å². The SMILES string of the molecule is [N-]=[N+]=CC(=O)c1ccc(Cl)c(F)c1Br. The minimum Gasteiger partial charge on any atom is -0.361 e. The van der Waals surface area contributed by atoms with Gasteiger partial charge in [0.25, 0.3) is 5.78 Å². The number of benzene rings is 1. The molecule has 0 atom stereocenters. The van der Waals surface area contributed by atoms with E-state index >= 15 is 0 Å². The van der Waals surface area contributed by atoms with Crippen LogP contribution in [-0.4, -0.2) is 16.8 Å². The molecule has 0 amide bonds. The third kappa shape index (κ3) is 2.07. The predicted molar refractivity (Wildman–Crippen MR) is 53.1 cm³/mol. The molecule has 0 bridgehead atoms. The Bertz CT molecular complexity index is 443. The van der Waals surface area contributed by atoms with Crippen LogP contribution in [0.5, 0.6) is 0 Å². The number of nitrogens with zero attached hydrogens (tertiary/aromatic N) is 2. The summed E-state index contributed by atoms with van der Waals surface area (Å²) < 4.78 is 13.1. The van der Waals surface area contributed by atoms with Gasteiger partial charge < -0.3 is 5.53 Å². The molecular formula is C8H3BrClFN2O. The van der Waals surface area contributed by atoms with Crippen LogP contribution in [0.15, 0.2) is 16.6 Å². The highest BCUT2D eigenvalue weighted by Crippen LogP contribution is 2.26. The summed E-state index contributed by atoms with van der Waals surface area (Å²) in [5.74, 6) is -1.33. The van der Waals surface area contributed by atoms with Crippen LogP contribution in [0.3, 0.4) is 0 Å². The van der Waals surface area contributed by atoms with Crippen LogP contribution in [0.25, 0.3) is 5.53 Å². The second-order valence-corrected chi connectivity index (χ2v) is 3.53. The number of carbonyl (C=O) groups is 1. The molecule has 0 saturated carbocycles. The number of Topliss-reactive ketones (excluding diaryl/α,β-unsaturated/α-hetero) is 1. The van der Waals surface area contributed by atoms with Crippen molar-refractivity contribution in [1.82, 2.24) is 0 Å². The molecule has 1 rings (SSSR count). The minimum absolute atomic E-state index is 0.0460. The first-order valence-electron chi connectivity index (χ1n) is 3.43. The molecule has 1 aromatic rings. The quantitative estimate of drug-likeness (QED) is 0.270. The Morgan fingerprint density at radius 1 is 1.64 bits per heavy atom. The van der Waals surface area contributed by atoms with Crippen molar-refractivity contribution in [3.8, 4) is 0 Å². The number of halogens is 3. The number of hydrogen-bond donors (Lipinski definition) is 0. The fourth-order valence-corrected chi connectivity index (χ4v) is 1.65. The average molecular weight is 277 g/mol. The van der Waals surface area contributed by atoms with E-state index in [9.17, 15) is 9.18 Å². The third-order valence-corrected chi connectivity index (χ3v) is 2.54. The van der Waals surface area contributed by atoms with E-state index in [-0.39, 0.29) is 15.1 Å². The van der Waals surface area contributed by atoms with Gasteiger partial charge in [0.15, 0.2) is 5.82 Å². The number of rotatable bonds is 2. The molecule has 14 heavy (non-hydrogen) atoms. The lowest BCUT2D eigenvalue weighted by atomic mass is 10.1. The maximum Gasteiger partial charge on any atom is 0.328 e. The van der Waals surface area contributed by atoms with Gasteiger partial charge in [-0.15, -0.1) is 0 Å². The molecular weight excluding hydrogens is 274 g/mol. The molecule has 0 saturated heterocycles. The van der Waals surface area contributed by atoms with E-state index < -0.39 is 11.6 Å². The number of hydrogen-bond acceptors (Lipinski definition) is 1. The summed E-state index contributed by atoms with van der Waals surface area (Å²) in [5.41, 5.74) is 8.17. The van der Waals surface area contributed by atoms with Crippen LogP contribution < -0.4 is 0 Å². The maximum absolute atomic E-state index is 13.2. The van der Waals surface area contributed by atoms with Gasteiger partial charge in [-0.2, -0.15) is 4.79 Å². The van der Waals surface area contributed by atoms with Gasteiger partial charge in [0, 0.05) is 5.56 Å². The third-order valence-electron chi connectivity index (χ3n) is 1.48. The molecule has 0 fully saturated rings. The lowest BCUT2D eigenvalue weighted by molar-refractivity contribution is 0.00234. The van der Waals surface area contributed by atoms with Crippen molar-refractivity contribution in [2.75, 3.05) is 0 Å². The summed E-state index contributed by atoms with van der Waals surface area (Å²) in [6, 6.07) is 2.58. The van der Waals surface area contributed by atoms with Crippen molar-refractivity contribution in [2.45, 2.75) is 0 Å². The van der Waals surface area contributed by atoms with Crippen molar-refractivity contribution in [2.24, 2.45) is 0 Å². The Morgan fingerprint density at radius 3 is 2.86 bits per heavy atom. The molecule has 0 radical (unpaired) electrons. The minimum atomic E-state index is -0.719. The van der Waals surface area contributed by atoms with Gasteiger partial charge in [0.05, 0.1) is 9.50 Å². The van der Waals surface area contributed by atoms with Crippen LogP contribution in [0, 0.1) is 5.82 Å². The van der Waals surface area contributed by atoms with Crippen molar-refractivity contribution in [3.63, 3.8) is 0 Å². The second kappa shape index (κ2) is 4.46. The molecule has 0 aromatic heterocycles. The van der Waals surface area contributed by atoms with Gasteiger partial charge in [-0.05, 0) is 28.1 Å². The highest BCUT2D eigenvalue weighted by atomic mass is 79.9. The molecule has 0 heterocycles. The Labute approximate surface area is 92.2 Å². The predicted octanol–water partition coefficient (Wildman–Crippen LogP) is 2.72. The largest absolute Gasteiger partial charge is 0.361 e. The van der Waals surface area contributed by atoms with E-state index in [4.69, 9.17) is 17.1 Å². The zero-order valence-electron chi connectivity index (χ0n) is 6.67. The van der Waals surface area contributed by atoms with E-state index in [1.807, 2.05) is 0 Å². The van der Waals surface area contributed by atoms with Gasteiger partial charge in [0.2, 0.25) is 0 Å². The second-order valence-electron chi connectivity index (χ2n) is 2.33. The van der Waals surface area contributed by atoms with E-state index in [2.05, 4.69) is 20.7 Å². The molecule has 0 spiro atoms. The van der Waals surface area contributed by atoms with Gasteiger partial charge >= 0.3 is 6.21 Å². The molecule has 0 N–H and O–H groups in total. The van der Waals surface area contributed by atoms with Crippen LogP contribution in [-0.2, 0) is 0 Å². The van der Waals surface area contributed by atoms with Gasteiger partial charge in [0.1, 0.15) is 0 Å². The Balaban J connectivity index is 3.31. The van der Waals surface area contributed by atoms with Crippen molar-refractivity contribution in [3.05, 3.63) is 38.5 Å². The lowest BCUT2D eigenvalue weighted by Gasteiger charge is -2.00. The first kappa shape index (κ1) is 11.0. The maximum atomic E-state index is 13.2. The average Bonchev–Trinajstić information content (AvgIpc) is 2.15. The van der Waals surface area contributed by atoms with E-state index in [1.165, 1.54) is 12.1 Å². The molecule has 0 aliphatic heterocycles.